The van der Waals surface area contributed by atoms with Gasteiger partial charge in [-0.25, -0.2) is 0 Å². The van der Waals surface area contributed by atoms with Gasteiger partial charge in [0.15, 0.2) is 0 Å². The number of nitrogens with zero attached hydrogens (tertiary/aromatic N) is 1. The number of carbonyl (C=O) groups excluding carboxylic acids is 3. The zero-order valence-corrected chi connectivity index (χ0v) is 9.50. The molecule has 1 N–H and O–H groups in total. The highest BCUT2D eigenvalue weighted by atomic mass is 16.2. The van der Waals surface area contributed by atoms with Gasteiger partial charge in [0.05, 0.1) is 0 Å². The van der Waals surface area contributed by atoms with E-state index < -0.39 is 0 Å². The molecule has 0 aromatic heterocycles. The first kappa shape index (κ1) is 13.6. The quantitative estimate of drug-likeness (QED) is 0.674. The van der Waals surface area contributed by atoms with Crippen molar-refractivity contribution in [2.75, 3.05) is 20.6 Å². The molecule has 86 valence electrons. The molecule has 0 unspecified atom stereocenters. The lowest BCUT2D eigenvalue weighted by Crippen LogP contribution is -2.31. The van der Waals surface area contributed by atoms with Crippen molar-refractivity contribution < 1.29 is 14.4 Å². The van der Waals surface area contributed by atoms with Crippen molar-refractivity contribution in [2.45, 2.75) is 26.2 Å². The van der Waals surface area contributed by atoms with Crippen molar-refractivity contribution >= 4 is 17.6 Å². The number of nitrogens with one attached hydrogen (secondary N) is 1. The highest BCUT2D eigenvalue weighted by molar-refractivity contribution is 5.84. The molecule has 0 fully saturated rings. The molecule has 0 spiro atoms. The number of carbonyl (C=O) groups is 3. The Morgan fingerprint density at radius 1 is 1.13 bits per heavy atom. The fourth-order valence-corrected chi connectivity index (χ4v) is 0.993. The molecule has 0 saturated carbocycles. The molecule has 15 heavy (non-hydrogen) atoms. The van der Waals surface area contributed by atoms with Crippen LogP contribution in [0.3, 0.4) is 0 Å². The van der Waals surface area contributed by atoms with Crippen LogP contribution < -0.4 is 5.32 Å². The lowest BCUT2D eigenvalue weighted by molar-refractivity contribution is -0.132. The number of hydrogen-bond donors (Lipinski definition) is 1. The summed E-state index contributed by atoms with van der Waals surface area (Å²) in [4.78, 5) is 34.4. The molecule has 0 radical (unpaired) electrons. The van der Waals surface area contributed by atoms with E-state index in [0.717, 1.165) is 0 Å². The van der Waals surface area contributed by atoms with E-state index in [1.54, 1.807) is 14.1 Å². The van der Waals surface area contributed by atoms with Crippen LogP contribution in [0.15, 0.2) is 0 Å². The summed E-state index contributed by atoms with van der Waals surface area (Å²) in [7, 11) is 3.19. The molecule has 0 atom stereocenters. The topological polar surface area (TPSA) is 66.5 Å². The first-order valence-electron chi connectivity index (χ1n) is 4.91. The molecule has 0 rings (SSSR count). The third-order valence-electron chi connectivity index (χ3n) is 2.07. The van der Waals surface area contributed by atoms with Crippen molar-refractivity contribution in [2.24, 2.45) is 0 Å². The predicted molar refractivity (Wildman–Crippen MR) is 56.2 cm³/mol. The first-order valence-corrected chi connectivity index (χ1v) is 4.91. The van der Waals surface area contributed by atoms with Crippen LogP contribution in [0.4, 0.5) is 0 Å². The molecule has 0 heterocycles. The Labute approximate surface area is 89.8 Å². The van der Waals surface area contributed by atoms with E-state index in [0.29, 0.717) is 13.0 Å². The average molecular weight is 214 g/mol. The van der Waals surface area contributed by atoms with Gasteiger partial charge < -0.3 is 15.0 Å². The van der Waals surface area contributed by atoms with E-state index >= 15 is 0 Å². The van der Waals surface area contributed by atoms with Crippen molar-refractivity contribution in [1.29, 1.82) is 0 Å². The summed E-state index contributed by atoms with van der Waals surface area (Å²) in [5.41, 5.74) is 0. The minimum atomic E-state index is -0.103. The molecule has 0 aliphatic rings. The number of hydrogen-bond acceptors (Lipinski definition) is 3. The van der Waals surface area contributed by atoms with Gasteiger partial charge in [0, 0.05) is 39.9 Å². The second-order valence-corrected chi connectivity index (χ2v) is 3.44. The van der Waals surface area contributed by atoms with E-state index in [-0.39, 0.29) is 30.4 Å². The predicted octanol–water partition coefficient (Wildman–Crippen LogP) is -0.0499. The summed E-state index contributed by atoms with van der Waals surface area (Å²) < 4.78 is 0. The molecular weight excluding hydrogens is 196 g/mol. The van der Waals surface area contributed by atoms with Gasteiger partial charge in [-0.3, -0.25) is 9.59 Å². The Balaban J connectivity index is 3.78. The molecule has 0 aromatic rings. The maximum Gasteiger partial charge on any atom is 0.222 e. The Bertz CT molecular complexity index is 251. The maximum atomic E-state index is 11.4. The molecule has 0 bridgehead atoms. The first-order chi connectivity index (χ1) is 6.97. The molecule has 0 aromatic carbocycles. The SMILES string of the molecule is CNC(=O)CCN(C)C(=O)CCC(C)=O. The monoisotopic (exact) mass is 214 g/mol. The number of rotatable bonds is 6. The molecule has 0 aliphatic carbocycles. The van der Waals surface area contributed by atoms with Gasteiger partial charge in [-0.15, -0.1) is 0 Å². The third-order valence-corrected chi connectivity index (χ3v) is 2.07. The molecule has 5 heteroatoms. The van der Waals surface area contributed by atoms with E-state index in [1.165, 1.54) is 11.8 Å². The summed E-state index contributed by atoms with van der Waals surface area (Å²) in [5.74, 6) is -0.196. The summed E-state index contributed by atoms with van der Waals surface area (Å²) in [5, 5.41) is 2.48. The van der Waals surface area contributed by atoms with Crippen LogP contribution >= 0.6 is 0 Å². The molecule has 2 amide bonds. The van der Waals surface area contributed by atoms with E-state index in [2.05, 4.69) is 5.32 Å². The van der Waals surface area contributed by atoms with Gasteiger partial charge in [-0.1, -0.05) is 0 Å². The third kappa shape index (κ3) is 6.65. The van der Waals surface area contributed by atoms with Crippen molar-refractivity contribution in [3.8, 4) is 0 Å². The van der Waals surface area contributed by atoms with Gasteiger partial charge in [0.25, 0.3) is 0 Å². The zero-order chi connectivity index (χ0) is 11.8. The van der Waals surface area contributed by atoms with E-state index in [9.17, 15) is 14.4 Å². The van der Waals surface area contributed by atoms with Crippen LogP contribution in [0.2, 0.25) is 0 Å². The minimum Gasteiger partial charge on any atom is -0.359 e. The Hall–Kier alpha value is -1.39. The number of Topliss-reactive ketones (excluding diaryl/α,β-unsaturated/α-hetero) is 1. The van der Waals surface area contributed by atoms with Gasteiger partial charge >= 0.3 is 0 Å². The van der Waals surface area contributed by atoms with Crippen molar-refractivity contribution in [3.05, 3.63) is 0 Å². The molecule has 0 aliphatic heterocycles. The van der Waals surface area contributed by atoms with Crippen molar-refractivity contribution in [1.82, 2.24) is 10.2 Å². The highest BCUT2D eigenvalue weighted by Crippen LogP contribution is 1.97. The fourth-order valence-electron chi connectivity index (χ4n) is 0.993. The second kappa shape index (κ2) is 6.98. The van der Waals surface area contributed by atoms with E-state index in [1.807, 2.05) is 0 Å². The summed E-state index contributed by atoms with van der Waals surface area (Å²) >= 11 is 0. The lowest BCUT2D eigenvalue weighted by atomic mass is 10.2. The largest absolute Gasteiger partial charge is 0.359 e. The van der Waals surface area contributed by atoms with Gasteiger partial charge in [0.2, 0.25) is 11.8 Å². The van der Waals surface area contributed by atoms with Crippen LogP contribution in [0.1, 0.15) is 26.2 Å². The Kier molecular flexibility index (Phi) is 6.33. The number of ketones is 1. The van der Waals surface area contributed by atoms with Crippen LogP contribution in [-0.2, 0) is 14.4 Å². The maximum absolute atomic E-state index is 11.4. The second-order valence-electron chi connectivity index (χ2n) is 3.44. The zero-order valence-electron chi connectivity index (χ0n) is 9.50. The van der Waals surface area contributed by atoms with Gasteiger partial charge in [0.1, 0.15) is 5.78 Å². The average Bonchev–Trinajstić information content (AvgIpc) is 2.21. The smallest absolute Gasteiger partial charge is 0.222 e. The molecule has 5 nitrogen and oxygen atoms in total. The van der Waals surface area contributed by atoms with Gasteiger partial charge in [-0.2, -0.15) is 0 Å². The summed E-state index contributed by atoms with van der Waals surface area (Å²) in [6, 6.07) is 0. The standard InChI is InChI=1S/C10H18N2O3/c1-8(13)4-5-10(15)12(3)7-6-9(14)11-2/h4-7H2,1-3H3,(H,11,14). The minimum absolute atomic E-state index is 0.00283. The van der Waals surface area contributed by atoms with Crippen molar-refractivity contribution in [3.63, 3.8) is 0 Å². The van der Waals surface area contributed by atoms with Crippen LogP contribution in [0, 0.1) is 0 Å². The van der Waals surface area contributed by atoms with E-state index in [4.69, 9.17) is 0 Å². The van der Waals surface area contributed by atoms with Crippen LogP contribution in [0.25, 0.3) is 0 Å². The Morgan fingerprint density at radius 3 is 2.20 bits per heavy atom. The normalized spacial score (nSPS) is 9.53. The van der Waals surface area contributed by atoms with Crippen LogP contribution in [-0.4, -0.2) is 43.1 Å². The fraction of sp³-hybridized carbons (Fsp3) is 0.700. The molecule has 0 saturated heterocycles. The lowest BCUT2D eigenvalue weighted by Gasteiger charge is -2.16. The highest BCUT2D eigenvalue weighted by Gasteiger charge is 2.10. The summed E-state index contributed by atoms with van der Waals surface area (Å²) in [6.07, 6.45) is 0.779. The number of amides is 2. The Morgan fingerprint density at radius 2 is 1.73 bits per heavy atom. The molecular formula is C10H18N2O3. The van der Waals surface area contributed by atoms with Gasteiger partial charge in [-0.05, 0) is 6.92 Å². The van der Waals surface area contributed by atoms with Crippen LogP contribution in [0.5, 0.6) is 0 Å². The summed E-state index contributed by atoms with van der Waals surface area (Å²) in [6.45, 7) is 1.84.